The number of hydrogen-bond donors (Lipinski definition) is 1. The number of nitrogens with one attached hydrogen (secondary N) is 1. The first-order valence-electron chi connectivity index (χ1n) is 8.17. The number of sulfonamides is 1. The fourth-order valence-corrected chi connectivity index (χ4v) is 3.82. The summed E-state index contributed by atoms with van der Waals surface area (Å²) in [6.45, 7) is 0. The van der Waals surface area contributed by atoms with Crippen LogP contribution in [-0.2, 0) is 16.2 Å². The Labute approximate surface area is 170 Å². The van der Waals surface area contributed by atoms with Crippen LogP contribution >= 0.6 is 11.6 Å². The molecule has 3 aromatic carbocycles. The minimum atomic E-state index is -4.58. The maximum atomic E-state index is 12.8. The molecule has 150 valence electrons. The molecule has 3 rings (SSSR count). The molecule has 0 fully saturated rings. The summed E-state index contributed by atoms with van der Waals surface area (Å²) in [6, 6.07) is 15.2. The Bertz CT molecular complexity index is 1150. The van der Waals surface area contributed by atoms with Gasteiger partial charge in [0.1, 0.15) is 0 Å². The van der Waals surface area contributed by atoms with Crippen LogP contribution in [0.15, 0.2) is 77.7 Å². The molecular weight excluding hydrogens is 427 g/mol. The van der Waals surface area contributed by atoms with Gasteiger partial charge in [-0.2, -0.15) is 13.2 Å². The summed E-state index contributed by atoms with van der Waals surface area (Å²) < 4.78 is 65.6. The summed E-state index contributed by atoms with van der Waals surface area (Å²) in [4.78, 5) is 12.4. The van der Waals surface area contributed by atoms with E-state index in [0.29, 0.717) is 17.7 Å². The van der Waals surface area contributed by atoms with Crippen molar-refractivity contribution in [2.45, 2.75) is 11.1 Å². The van der Waals surface area contributed by atoms with Crippen molar-refractivity contribution in [1.29, 1.82) is 0 Å². The van der Waals surface area contributed by atoms with Gasteiger partial charge in [0.05, 0.1) is 16.1 Å². The van der Waals surface area contributed by atoms with Gasteiger partial charge in [-0.3, -0.25) is 9.52 Å². The molecule has 0 spiro atoms. The van der Waals surface area contributed by atoms with E-state index in [4.69, 9.17) is 11.6 Å². The molecule has 9 heteroatoms. The van der Waals surface area contributed by atoms with Crippen molar-refractivity contribution in [1.82, 2.24) is 0 Å². The van der Waals surface area contributed by atoms with Crippen LogP contribution in [0.4, 0.5) is 18.9 Å². The minimum Gasteiger partial charge on any atom is -0.289 e. The van der Waals surface area contributed by atoms with Gasteiger partial charge in [0.2, 0.25) is 0 Å². The molecule has 0 atom stereocenters. The summed E-state index contributed by atoms with van der Waals surface area (Å²) in [6.07, 6.45) is -4.58. The van der Waals surface area contributed by atoms with Crippen molar-refractivity contribution in [3.05, 3.63) is 94.5 Å². The predicted octanol–water partition coefficient (Wildman–Crippen LogP) is 5.39. The van der Waals surface area contributed by atoms with Crippen LogP contribution in [0.1, 0.15) is 21.5 Å². The molecule has 0 saturated heterocycles. The van der Waals surface area contributed by atoms with Gasteiger partial charge in [0.15, 0.2) is 5.78 Å². The van der Waals surface area contributed by atoms with E-state index in [9.17, 15) is 26.4 Å². The Morgan fingerprint density at radius 2 is 1.52 bits per heavy atom. The summed E-state index contributed by atoms with van der Waals surface area (Å²) >= 11 is 5.96. The number of carbonyl (C=O) groups is 1. The highest BCUT2D eigenvalue weighted by atomic mass is 35.5. The monoisotopic (exact) mass is 439 g/mol. The highest BCUT2D eigenvalue weighted by Crippen LogP contribution is 2.31. The number of benzene rings is 3. The van der Waals surface area contributed by atoms with Gasteiger partial charge in [-0.25, -0.2) is 8.42 Å². The largest absolute Gasteiger partial charge is 0.416 e. The quantitative estimate of drug-likeness (QED) is 0.542. The molecule has 3 aromatic rings. The maximum absolute atomic E-state index is 12.8. The second-order valence-corrected chi connectivity index (χ2v) is 8.13. The summed E-state index contributed by atoms with van der Waals surface area (Å²) in [5.41, 5.74) is -0.671. The van der Waals surface area contributed by atoms with Crippen molar-refractivity contribution in [2.75, 3.05) is 4.72 Å². The Balaban J connectivity index is 1.96. The van der Waals surface area contributed by atoms with Crippen LogP contribution in [0.3, 0.4) is 0 Å². The van der Waals surface area contributed by atoms with Gasteiger partial charge >= 0.3 is 6.18 Å². The first-order chi connectivity index (χ1) is 13.6. The van der Waals surface area contributed by atoms with Crippen molar-refractivity contribution >= 4 is 33.1 Å². The van der Waals surface area contributed by atoms with Crippen LogP contribution in [0.25, 0.3) is 0 Å². The first-order valence-corrected chi connectivity index (χ1v) is 10.0. The average molecular weight is 440 g/mol. The molecule has 1 N–H and O–H groups in total. The summed E-state index contributed by atoms with van der Waals surface area (Å²) in [7, 11) is -4.24. The van der Waals surface area contributed by atoms with E-state index in [0.717, 1.165) is 12.1 Å². The van der Waals surface area contributed by atoms with E-state index in [2.05, 4.69) is 4.72 Å². The third kappa shape index (κ3) is 4.78. The van der Waals surface area contributed by atoms with Gasteiger partial charge in [-0.1, -0.05) is 41.9 Å². The molecule has 0 radical (unpaired) electrons. The molecule has 0 aliphatic carbocycles. The molecule has 0 amide bonds. The average Bonchev–Trinajstić information content (AvgIpc) is 2.69. The Morgan fingerprint density at radius 1 is 0.897 bits per heavy atom. The van der Waals surface area contributed by atoms with Crippen molar-refractivity contribution in [3.8, 4) is 0 Å². The van der Waals surface area contributed by atoms with E-state index in [1.165, 1.54) is 18.2 Å². The zero-order valence-electron chi connectivity index (χ0n) is 14.6. The second kappa shape index (κ2) is 7.88. The number of anilines is 1. The van der Waals surface area contributed by atoms with Gasteiger partial charge in [-0.05, 0) is 42.5 Å². The van der Waals surface area contributed by atoms with Gasteiger partial charge in [-0.15, -0.1) is 0 Å². The smallest absolute Gasteiger partial charge is 0.289 e. The van der Waals surface area contributed by atoms with Crippen LogP contribution in [0.5, 0.6) is 0 Å². The minimum absolute atomic E-state index is 0.0131. The lowest BCUT2D eigenvalue weighted by atomic mass is 10.0. The Kier molecular flexibility index (Phi) is 5.68. The van der Waals surface area contributed by atoms with Crippen LogP contribution in [-0.4, -0.2) is 14.2 Å². The molecule has 0 bridgehead atoms. The van der Waals surface area contributed by atoms with Gasteiger partial charge in [0, 0.05) is 16.1 Å². The number of hydrogen-bond acceptors (Lipinski definition) is 3. The van der Waals surface area contributed by atoms with Crippen molar-refractivity contribution in [2.24, 2.45) is 0 Å². The van der Waals surface area contributed by atoms with Crippen molar-refractivity contribution in [3.63, 3.8) is 0 Å². The summed E-state index contributed by atoms with van der Waals surface area (Å²) in [5.74, 6) is -0.460. The van der Waals surface area contributed by atoms with Crippen LogP contribution < -0.4 is 4.72 Å². The molecule has 0 aliphatic rings. The number of ketones is 1. The van der Waals surface area contributed by atoms with Gasteiger partial charge < -0.3 is 0 Å². The third-order valence-electron chi connectivity index (χ3n) is 4.00. The number of alkyl halides is 3. The van der Waals surface area contributed by atoms with Gasteiger partial charge in [0.25, 0.3) is 10.0 Å². The Hall–Kier alpha value is -2.84. The lowest BCUT2D eigenvalue weighted by Gasteiger charge is -2.13. The SMILES string of the molecule is O=C(c1ccccc1)c1cc(Cl)ccc1NS(=O)(=O)c1ccc(C(F)(F)F)cc1. The maximum Gasteiger partial charge on any atom is 0.416 e. The second-order valence-electron chi connectivity index (χ2n) is 6.01. The molecule has 0 aliphatic heterocycles. The summed E-state index contributed by atoms with van der Waals surface area (Å²) in [5, 5.41) is 0.224. The lowest BCUT2D eigenvalue weighted by molar-refractivity contribution is -0.137. The predicted molar refractivity (Wildman–Crippen MR) is 104 cm³/mol. The fourth-order valence-electron chi connectivity index (χ4n) is 2.57. The molecule has 0 unspecified atom stereocenters. The van der Waals surface area contributed by atoms with Crippen LogP contribution in [0, 0.1) is 0 Å². The van der Waals surface area contributed by atoms with Crippen LogP contribution in [0.2, 0.25) is 5.02 Å². The number of carbonyl (C=O) groups excluding carboxylic acids is 1. The molecule has 0 aromatic heterocycles. The van der Waals surface area contributed by atoms with E-state index < -0.39 is 27.5 Å². The lowest BCUT2D eigenvalue weighted by Crippen LogP contribution is -2.16. The third-order valence-corrected chi connectivity index (χ3v) is 5.61. The molecule has 0 heterocycles. The normalized spacial score (nSPS) is 11.9. The molecular formula is C20H13ClF3NO3S. The van der Waals surface area contributed by atoms with E-state index in [1.807, 2.05) is 0 Å². The molecule has 4 nitrogen and oxygen atoms in total. The zero-order valence-corrected chi connectivity index (χ0v) is 16.1. The van der Waals surface area contributed by atoms with Crippen molar-refractivity contribution < 1.29 is 26.4 Å². The standard InChI is InChI=1S/C20H13ClF3NO3S/c21-15-8-11-18(17(12-15)19(26)13-4-2-1-3-5-13)25-29(27,28)16-9-6-14(7-10-16)20(22,23)24/h1-12,25H. The highest BCUT2D eigenvalue weighted by molar-refractivity contribution is 7.92. The number of halogens is 4. The molecule has 29 heavy (non-hydrogen) atoms. The Morgan fingerprint density at radius 3 is 2.10 bits per heavy atom. The first kappa shape index (κ1) is 20.9. The fraction of sp³-hybridized carbons (Fsp3) is 0.0500. The zero-order chi connectivity index (χ0) is 21.2. The highest BCUT2D eigenvalue weighted by Gasteiger charge is 2.30. The van der Waals surface area contributed by atoms with E-state index in [1.54, 1.807) is 30.3 Å². The molecule has 0 saturated carbocycles. The number of rotatable bonds is 5. The topological polar surface area (TPSA) is 63.2 Å². The van der Waals surface area contributed by atoms with E-state index >= 15 is 0 Å². The van der Waals surface area contributed by atoms with E-state index in [-0.39, 0.29) is 21.2 Å².